The van der Waals surface area contributed by atoms with Crippen LogP contribution in [0.1, 0.15) is 39.7 Å². The molecule has 0 radical (unpaired) electrons. The van der Waals surface area contributed by atoms with E-state index in [9.17, 15) is 9.59 Å². The molecule has 0 saturated heterocycles. The number of thioether (sulfide) groups is 1. The number of carbonyl (C=O) groups is 2. The highest BCUT2D eigenvalue weighted by atomic mass is 32.2. The molecule has 0 saturated carbocycles. The molecule has 1 aliphatic rings. The molecule has 7 nitrogen and oxygen atoms in total. The highest BCUT2D eigenvalue weighted by Crippen LogP contribution is 2.39. The summed E-state index contributed by atoms with van der Waals surface area (Å²) in [7, 11) is 0. The van der Waals surface area contributed by atoms with E-state index in [0.717, 1.165) is 46.9 Å². The molecule has 3 heterocycles. The van der Waals surface area contributed by atoms with Crippen molar-refractivity contribution in [2.75, 3.05) is 17.7 Å². The highest BCUT2D eigenvalue weighted by Gasteiger charge is 2.28. The van der Waals surface area contributed by atoms with E-state index in [1.54, 1.807) is 6.92 Å². The number of hydrogen-bond acceptors (Lipinski definition) is 7. The van der Waals surface area contributed by atoms with Crippen molar-refractivity contribution in [1.82, 2.24) is 14.6 Å². The van der Waals surface area contributed by atoms with Crippen LogP contribution in [0.2, 0.25) is 0 Å². The van der Waals surface area contributed by atoms with E-state index in [-0.39, 0.29) is 17.6 Å². The SMILES string of the molecule is CCOC(=O)c1c(NC(=O)CSc2nnc3cc(C)c4ccccc4n23)sc2c1CCC2. The molecule has 5 rings (SSSR count). The molecule has 0 fully saturated rings. The lowest BCUT2D eigenvalue weighted by molar-refractivity contribution is -0.113. The molecule has 0 unspecified atom stereocenters. The van der Waals surface area contributed by atoms with Crippen LogP contribution in [0, 0.1) is 6.92 Å². The number of esters is 1. The average Bonchev–Trinajstić information content (AvgIpc) is 3.47. The van der Waals surface area contributed by atoms with E-state index >= 15 is 0 Å². The topological polar surface area (TPSA) is 85.6 Å². The van der Waals surface area contributed by atoms with Gasteiger partial charge in [0, 0.05) is 10.3 Å². The number of carbonyl (C=O) groups excluding carboxylic acids is 2. The Kier molecular flexibility index (Phi) is 5.60. The summed E-state index contributed by atoms with van der Waals surface area (Å²) < 4.78 is 7.22. The van der Waals surface area contributed by atoms with Gasteiger partial charge < -0.3 is 10.1 Å². The summed E-state index contributed by atoms with van der Waals surface area (Å²) in [6.45, 7) is 4.14. The number of rotatable bonds is 6. The molecule has 32 heavy (non-hydrogen) atoms. The van der Waals surface area contributed by atoms with Crippen molar-refractivity contribution in [3.63, 3.8) is 0 Å². The number of ether oxygens (including phenoxy) is 1. The summed E-state index contributed by atoms with van der Waals surface area (Å²) >= 11 is 2.81. The fraction of sp³-hybridized carbons (Fsp3) is 0.304. The third-order valence-electron chi connectivity index (χ3n) is 5.56. The first-order chi connectivity index (χ1) is 15.6. The zero-order chi connectivity index (χ0) is 22.2. The second kappa shape index (κ2) is 8.55. The molecule has 9 heteroatoms. The van der Waals surface area contributed by atoms with Crippen molar-refractivity contribution >= 4 is 56.5 Å². The maximum atomic E-state index is 12.8. The first-order valence-corrected chi connectivity index (χ1v) is 12.3. The number of benzene rings is 1. The number of thiophene rings is 1. The Balaban J connectivity index is 1.37. The lowest BCUT2D eigenvalue weighted by atomic mass is 10.1. The molecule has 1 amide bonds. The minimum atomic E-state index is -0.361. The third-order valence-corrected chi connectivity index (χ3v) is 7.70. The summed E-state index contributed by atoms with van der Waals surface area (Å²) in [4.78, 5) is 26.5. The molecule has 164 valence electrons. The molecular formula is C23H22N4O3S2. The minimum absolute atomic E-state index is 0.161. The fourth-order valence-corrected chi connectivity index (χ4v) is 6.22. The Hall–Kier alpha value is -2.91. The van der Waals surface area contributed by atoms with Crippen LogP contribution in [0.3, 0.4) is 0 Å². The maximum absolute atomic E-state index is 12.8. The molecule has 3 aromatic heterocycles. The quantitative estimate of drug-likeness (QED) is 0.329. The molecular weight excluding hydrogens is 444 g/mol. The van der Waals surface area contributed by atoms with Gasteiger partial charge in [-0.15, -0.1) is 21.5 Å². The van der Waals surface area contributed by atoms with Crippen molar-refractivity contribution in [3.8, 4) is 0 Å². The van der Waals surface area contributed by atoms with Gasteiger partial charge in [0.25, 0.3) is 0 Å². The van der Waals surface area contributed by atoms with Crippen molar-refractivity contribution in [1.29, 1.82) is 0 Å². The molecule has 0 spiro atoms. The number of hydrogen-bond donors (Lipinski definition) is 1. The van der Waals surface area contributed by atoms with Crippen LogP contribution in [-0.4, -0.2) is 38.8 Å². The number of fused-ring (bicyclic) bond motifs is 4. The fourth-order valence-electron chi connectivity index (χ4n) is 4.17. The summed E-state index contributed by atoms with van der Waals surface area (Å²) in [5.74, 6) is -0.387. The van der Waals surface area contributed by atoms with Gasteiger partial charge in [0.15, 0.2) is 10.8 Å². The summed E-state index contributed by atoms with van der Waals surface area (Å²) in [5.41, 5.74) is 4.45. The average molecular weight is 467 g/mol. The monoisotopic (exact) mass is 466 g/mol. The lowest BCUT2D eigenvalue weighted by Crippen LogP contribution is -2.17. The standard InChI is InChI=1S/C23H22N4O3S2/c1-3-30-22(29)20-15-8-6-10-17(15)32-21(20)24-19(28)12-31-23-26-25-18-11-13(2)14-7-4-5-9-16(14)27(18)23/h4-5,7,9,11H,3,6,8,10,12H2,1-2H3,(H,24,28). The predicted octanol–water partition coefficient (Wildman–Crippen LogP) is 4.65. The van der Waals surface area contributed by atoms with Crippen LogP contribution in [-0.2, 0) is 22.4 Å². The molecule has 1 aliphatic carbocycles. The summed E-state index contributed by atoms with van der Waals surface area (Å²) in [6, 6.07) is 10.1. The van der Waals surface area contributed by atoms with Gasteiger partial charge in [0.2, 0.25) is 5.91 Å². The van der Waals surface area contributed by atoms with Crippen LogP contribution in [0.15, 0.2) is 35.5 Å². The molecule has 4 aromatic rings. The van der Waals surface area contributed by atoms with Gasteiger partial charge in [0.05, 0.1) is 23.4 Å². The smallest absolute Gasteiger partial charge is 0.341 e. The minimum Gasteiger partial charge on any atom is -0.462 e. The zero-order valence-electron chi connectivity index (χ0n) is 17.8. The number of aryl methyl sites for hydroxylation is 2. The Morgan fingerprint density at radius 1 is 1.25 bits per heavy atom. The van der Waals surface area contributed by atoms with Gasteiger partial charge in [-0.25, -0.2) is 4.79 Å². The number of anilines is 1. The number of nitrogens with zero attached hydrogens (tertiary/aromatic N) is 3. The Morgan fingerprint density at radius 3 is 2.94 bits per heavy atom. The Bertz CT molecular complexity index is 1360. The number of para-hydroxylation sites is 1. The third kappa shape index (κ3) is 3.65. The Morgan fingerprint density at radius 2 is 2.09 bits per heavy atom. The zero-order valence-corrected chi connectivity index (χ0v) is 19.4. The van der Waals surface area contributed by atoms with Crippen LogP contribution >= 0.6 is 23.1 Å². The van der Waals surface area contributed by atoms with E-state index in [1.165, 1.54) is 28.0 Å². The van der Waals surface area contributed by atoms with E-state index in [0.29, 0.717) is 22.3 Å². The lowest BCUT2D eigenvalue weighted by Gasteiger charge is -2.09. The van der Waals surface area contributed by atoms with Crippen LogP contribution in [0.4, 0.5) is 5.00 Å². The van der Waals surface area contributed by atoms with Crippen LogP contribution in [0.5, 0.6) is 0 Å². The molecule has 0 bridgehead atoms. The molecule has 1 aromatic carbocycles. The van der Waals surface area contributed by atoms with E-state index in [4.69, 9.17) is 4.74 Å². The highest BCUT2D eigenvalue weighted by molar-refractivity contribution is 7.99. The largest absolute Gasteiger partial charge is 0.462 e. The van der Waals surface area contributed by atoms with Gasteiger partial charge >= 0.3 is 5.97 Å². The maximum Gasteiger partial charge on any atom is 0.341 e. The van der Waals surface area contributed by atoms with Crippen molar-refractivity contribution in [2.24, 2.45) is 0 Å². The van der Waals surface area contributed by atoms with Crippen molar-refractivity contribution < 1.29 is 14.3 Å². The van der Waals surface area contributed by atoms with Crippen LogP contribution < -0.4 is 5.32 Å². The van der Waals surface area contributed by atoms with Crippen LogP contribution in [0.25, 0.3) is 16.6 Å². The number of nitrogens with one attached hydrogen (secondary N) is 1. The van der Waals surface area contributed by atoms with E-state index in [2.05, 4.69) is 28.5 Å². The number of amides is 1. The van der Waals surface area contributed by atoms with Gasteiger partial charge in [-0.2, -0.15) is 0 Å². The van der Waals surface area contributed by atoms with Crippen molar-refractivity contribution in [2.45, 2.75) is 38.3 Å². The van der Waals surface area contributed by atoms with Gasteiger partial charge in [-0.1, -0.05) is 30.0 Å². The van der Waals surface area contributed by atoms with E-state index < -0.39 is 0 Å². The summed E-state index contributed by atoms with van der Waals surface area (Å²) in [6.07, 6.45) is 2.82. The van der Waals surface area contributed by atoms with Gasteiger partial charge in [-0.3, -0.25) is 9.20 Å². The van der Waals surface area contributed by atoms with Crippen molar-refractivity contribution in [3.05, 3.63) is 51.9 Å². The summed E-state index contributed by atoms with van der Waals surface area (Å²) in [5, 5.41) is 13.9. The Labute approximate surface area is 193 Å². The van der Waals surface area contributed by atoms with Gasteiger partial charge in [0.1, 0.15) is 5.00 Å². The van der Waals surface area contributed by atoms with Gasteiger partial charge in [-0.05, 0) is 56.4 Å². The first kappa shape index (κ1) is 21.0. The molecule has 0 aliphatic heterocycles. The second-order valence-electron chi connectivity index (χ2n) is 7.64. The number of pyridine rings is 1. The number of aromatic nitrogens is 3. The predicted molar refractivity (Wildman–Crippen MR) is 127 cm³/mol. The molecule has 0 atom stereocenters. The van der Waals surface area contributed by atoms with E-state index in [1.807, 2.05) is 28.7 Å². The second-order valence-corrected chi connectivity index (χ2v) is 9.69. The normalized spacial score (nSPS) is 12.9. The molecule has 1 N–H and O–H groups in total. The first-order valence-electron chi connectivity index (χ1n) is 10.5.